The third-order valence-corrected chi connectivity index (χ3v) is 3.58. The number of halogens is 1. The number of ether oxygens (including phenoxy) is 1. The summed E-state index contributed by atoms with van der Waals surface area (Å²) in [7, 11) is 1.71. The van der Waals surface area contributed by atoms with E-state index < -0.39 is 0 Å². The summed E-state index contributed by atoms with van der Waals surface area (Å²) < 4.78 is 6.39. The van der Waals surface area contributed by atoms with Crippen LogP contribution in [0.2, 0.25) is 0 Å². The first-order valence-corrected chi connectivity index (χ1v) is 6.06. The maximum Gasteiger partial charge on any atom is 0.135 e. The number of hydrogen-bond acceptors (Lipinski definition) is 2. The molecule has 1 aliphatic heterocycles. The molecule has 2 rings (SSSR count). The lowest BCUT2D eigenvalue weighted by Crippen LogP contribution is -2.08. The zero-order chi connectivity index (χ0) is 10.8. The fraction of sp³-hybridized carbons (Fsp3) is 0.500. The zero-order valence-electron chi connectivity index (χ0n) is 9.14. The van der Waals surface area contributed by atoms with Crippen LogP contribution in [0.25, 0.3) is 0 Å². The molecular formula is C12H16BrNO. The maximum absolute atomic E-state index is 5.33. The van der Waals surface area contributed by atoms with E-state index in [-0.39, 0.29) is 0 Å². The van der Waals surface area contributed by atoms with E-state index in [0.29, 0.717) is 5.92 Å². The molecule has 0 bridgehead atoms. The van der Waals surface area contributed by atoms with Gasteiger partial charge in [-0.1, -0.05) is 6.07 Å². The van der Waals surface area contributed by atoms with Gasteiger partial charge in [0.15, 0.2) is 0 Å². The molecule has 1 heterocycles. The van der Waals surface area contributed by atoms with Crippen molar-refractivity contribution in [2.75, 3.05) is 20.2 Å². The lowest BCUT2D eigenvalue weighted by Gasteiger charge is -2.14. The molecule has 0 saturated carbocycles. The summed E-state index contributed by atoms with van der Waals surface area (Å²) in [5.41, 5.74) is 2.61. The van der Waals surface area contributed by atoms with Crippen LogP contribution in [0, 0.1) is 6.92 Å². The quantitative estimate of drug-likeness (QED) is 0.892. The maximum atomic E-state index is 5.33. The Morgan fingerprint density at radius 1 is 1.47 bits per heavy atom. The van der Waals surface area contributed by atoms with Crippen LogP contribution in [-0.4, -0.2) is 20.2 Å². The molecule has 1 unspecified atom stereocenters. The SMILES string of the molecule is COc1c(C)cc(C2CCNC2)cc1Br. The summed E-state index contributed by atoms with van der Waals surface area (Å²) in [6.07, 6.45) is 1.23. The normalized spacial score (nSPS) is 20.6. The van der Waals surface area contributed by atoms with Crippen LogP contribution in [-0.2, 0) is 0 Å². The Morgan fingerprint density at radius 2 is 2.27 bits per heavy atom. The summed E-state index contributed by atoms with van der Waals surface area (Å²) in [4.78, 5) is 0. The standard InChI is InChI=1S/C12H16BrNO/c1-8-5-10(9-3-4-14-7-9)6-11(13)12(8)15-2/h5-6,9,14H,3-4,7H2,1-2H3. The molecule has 15 heavy (non-hydrogen) atoms. The summed E-state index contributed by atoms with van der Waals surface area (Å²) >= 11 is 3.56. The third-order valence-electron chi connectivity index (χ3n) is 2.99. The van der Waals surface area contributed by atoms with Gasteiger partial charge in [0.05, 0.1) is 11.6 Å². The predicted molar refractivity (Wildman–Crippen MR) is 65.7 cm³/mol. The lowest BCUT2D eigenvalue weighted by atomic mass is 9.96. The van der Waals surface area contributed by atoms with Crippen molar-refractivity contribution >= 4 is 15.9 Å². The van der Waals surface area contributed by atoms with Crippen LogP contribution >= 0.6 is 15.9 Å². The molecule has 0 aromatic heterocycles. The highest BCUT2D eigenvalue weighted by molar-refractivity contribution is 9.10. The van der Waals surface area contributed by atoms with Gasteiger partial charge in [0.1, 0.15) is 5.75 Å². The topological polar surface area (TPSA) is 21.3 Å². The second-order valence-corrected chi connectivity index (χ2v) is 4.90. The van der Waals surface area contributed by atoms with Crippen LogP contribution in [0.3, 0.4) is 0 Å². The van der Waals surface area contributed by atoms with Gasteiger partial charge in [-0.05, 0) is 58.9 Å². The lowest BCUT2D eigenvalue weighted by molar-refractivity contribution is 0.408. The van der Waals surface area contributed by atoms with Gasteiger partial charge in [-0.2, -0.15) is 0 Å². The van der Waals surface area contributed by atoms with Gasteiger partial charge in [-0.25, -0.2) is 0 Å². The largest absolute Gasteiger partial charge is 0.495 e. The van der Waals surface area contributed by atoms with Crippen molar-refractivity contribution in [1.82, 2.24) is 5.32 Å². The Balaban J connectivity index is 2.33. The van der Waals surface area contributed by atoms with E-state index in [1.807, 2.05) is 0 Å². The van der Waals surface area contributed by atoms with Crippen LogP contribution in [0.1, 0.15) is 23.5 Å². The van der Waals surface area contributed by atoms with Gasteiger partial charge in [-0.3, -0.25) is 0 Å². The molecule has 0 spiro atoms. The van der Waals surface area contributed by atoms with Crippen molar-refractivity contribution in [2.24, 2.45) is 0 Å². The number of nitrogens with one attached hydrogen (secondary N) is 1. The molecular weight excluding hydrogens is 254 g/mol. The van der Waals surface area contributed by atoms with Crippen LogP contribution in [0.4, 0.5) is 0 Å². The smallest absolute Gasteiger partial charge is 0.135 e. The molecule has 1 saturated heterocycles. The molecule has 0 aliphatic carbocycles. The number of aryl methyl sites for hydroxylation is 1. The number of rotatable bonds is 2. The highest BCUT2D eigenvalue weighted by Gasteiger charge is 2.18. The van der Waals surface area contributed by atoms with Crippen molar-refractivity contribution < 1.29 is 4.74 Å². The average molecular weight is 270 g/mol. The molecule has 1 atom stereocenters. The van der Waals surface area contributed by atoms with Gasteiger partial charge in [0, 0.05) is 6.54 Å². The van der Waals surface area contributed by atoms with Gasteiger partial charge < -0.3 is 10.1 Å². The summed E-state index contributed by atoms with van der Waals surface area (Å²) in [5, 5.41) is 3.39. The molecule has 1 N–H and O–H groups in total. The molecule has 2 nitrogen and oxygen atoms in total. The van der Waals surface area contributed by atoms with Crippen molar-refractivity contribution in [2.45, 2.75) is 19.3 Å². The molecule has 1 aliphatic rings. The molecule has 1 aromatic carbocycles. The fourth-order valence-electron chi connectivity index (χ4n) is 2.19. The van der Waals surface area contributed by atoms with Crippen molar-refractivity contribution in [3.8, 4) is 5.75 Å². The van der Waals surface area contributed by atoms with Gasteiger partial charge in [0.2, 0.25) is 0 Å². The van der Waals surface area contributed by atoms with Gasteiger partial charge >= 0.3 is 0 Å². The molecule has 82 valence electrons. The van der Waals surface area contributed by atoms with Crippen LogP contribution < -0.4 is 10.1 Å². The van der Waals surface area contributed by atoms with E-state index in [1.165, 1.54) is 17.5 Å². The second-order valence-electron chi connectivity index (χ2n) is 4.04. The van der Waals surface area contributed by atoms with Crippen LogP contribution in [0.5, 0.6) is 5.75 Å². The van der Waals surface area contributed by atoms with Crippen molar-refractivity contribution in [3.63, 3.8) is 0 Å². The predicted octanol–water partition coefficient (Wildman–Crippen LogP) is 2.84. The van der Waals surface area contributed by atoms with E-state index in [0.717, 1.165) is 23.3 Å². The Hall–Kier alpha value is -0.540. The molecule has 3 heteroatoms. The van der Waals surface area contributed by atoms with E-state index in [9.17, 15) is 0 Å². The monoisotopic (exact) mass is 269 g/mol. The van der Waals surface area contributed by atoms with Gasteiger partial charge in [0.25, 0.3) is 0 Å². The first-order chi connectivity index (χ1) is 7.22. The van der Waals surface area contributed by atoms with E-state index in [2.05, 4.69) is 40.3 Å². The average Bonchev–Trinajstić information content (AvgIpc) is 2.69. The Bertz CT molecular complexity index is 336. The highest BCUT2D eigenvalue weighted by Crippen LogP contribution is 2.34. The minimum atomic E-state index is 0.658. The highest BCUT2D eigenvalue weighted by atomic mass is 79.9. The Kier molecular flexibility index (Phi) is 3.32. The molecule has 0 amide bonds. The number of methoxy groups -OCH3 is 1. The summed E-state index contributed by atoms with van der Waals surface area (Å²) in [5.74, 6) is 1.61. The van der Waals surface area contributed by atoms with Crippen molar-refractivity contribution in [3.05, 3.63) is 27.7 Å². The van der Waals surface area contributed by atoms with E-state index in [1.54, 1.807) is 7.11 Å². The zero-order valence-corrected chi connectivity index (χ0v) is 10.7. The Morgan fingerprint density at radius 3 is 2.80 bits per heavy atom. The van der Waals surface area contributed by atoms with Crippen LogP contribution in [0.15, 0.2) is 16.6 Å². The van der Waals surface area contributed by atoms with Gasteiger partial charge in [-0.15, -0.1) is 0 Å². The number of benzene rings is 1. The second kappa shape index (κ2) is 4.54. The molecule has 1 fully saturated rings. The first kappa shape index (κ1) is 11.0. The summed E-state index contributed by atoms with van der Waals surface area (Å²) in [6.45, 7) is 4.32. The first-order valence-electron chi connectivity index (χ1n) is 5.27. The minimum Gasteiger partial charge on any atom is -0.495 e. The van der Waals surface area contributed by atoms with Crippen molar-refractivity contribution in [1.29, 1.82) is 0 Å². The summed E-state index contributed by atoms with van der Waals surface area (Å²) in [6, 6.07) is 4.42. The van der Waals surface area contributed by atoms with E-state index in [4.69, 9.17) is 4.74 Å². The molecule has 0 radical (unpaired) electrons. The third kappa shape index (κ3) is 2.18. The Labute approximate surface area is 99.1 Å². The molecule has 1 aromatic rings. The minimum absolute atomic E-state index is 0.658. The van der Waals surface area contributed by atoms with E-state index >= 15 is 0 Å². The fourth-order valence-corrected chi connectivity index (χ4v) is 2.93. The number of hydrogen-bond donors (Lipinski definition) is 1.